The van der Waals surface area contributed by atoms with Crippen LogP contribution < -0.4 is 10.1 Å². The Kier molecular flexibility index (Phi) is 5.07. The topological polar surface area (TPSA) is 55.4 Å². The first-order valence-electron chi connectivity index (χ1n) is 5.64. The number of benzene rings is 1. The molecule has 1 rings (SSSR count). The highest BCUT2D eigenvalue weighted by atomic mass is 19.1. The van der Waals surface area contributed by atoms with E-state index in [-0.39, 0.29) is 23.6 Å². The number of terminal acetylenes is 1. The molecule has 0 saturated heterocycles. The highest BCUT2D eigenvalue weighted by molar-refractivity contribution is 5.97. The third kappa shape index (κ3) is 4.11. The quantitative estimate of drug-likeness (QED) is 0.647. The van der Waals surface area contributed by atoms with Crippen molar-refractivity contribution in [2.24, 2.45) is 0 Å². The van der Waals surface area contributed by atoms with Crippen LogP contribution in [0.1, 0.15) is 24.2 Å². The predicted molar refractivity (Wildman–Crippen MR) is 68.3 cm³/mol. The Labute approximate surface area is 111 Å². The molecular formula is C14H14FNO3. The number of carbonyl (C=O) groups excluding carboxylic acids is 2. The maximum atomic E-state index is 13.1. The standard InChI is InChI=1S/C14H14FNO3/c1-4-7-16-14(18)10(3)19-13-8-11(15)5-6-12(13)9(2)17/h1,5-6,8,10H,7H2,2-3H3,(H,16,18). The summed E-state index contributed by atoms with van der Waals surface area (Å²) in [7, 11) is 0. The van der Waals surface area contributed by atoms with Crippen LogP contribution in [0.3, 0.4) is 0 Å². The van der Waals surface area contributed by atoms with Crippen LogP contribution in [0.25, 0.3) is 0 Å². The number of Topliss-reactive ketones (excluding diaryl/α,β-unsaturated/α-hetero) is 1. The Bertz CT molecular complexity index is 534. The maximum Gasteiger partial charge on any atom is 0.261 e. The number of halogens is 1. The van der Waals surface area contributed by atoms with E-state index in [0.29, 0.717) is 0 Å². The van der Waals surface area contributed by atoms with Crippen molar-refractivity contribution >= 4 is 11.7 Å². The zero-order valence-corrected chi connectivity index (χ0v) is 10.7. The Morgan fingerprint density at radius 1 is 1.53 bits per heavy atom. The molecule has 1 N–H and O–H groups in total. The van der Waals surface area contributed by atoms with E-state index in [1.54, 1.807) is 0 Å². The molecule has 1 unspecified atom stereocenters. The van der Waals surface area contributed by atoms with Gasteiger partial charge in [-0.2, -0.15) is 0 Å². The van der Waals surface area contributed by atoms with Gasteiger partial charge < -0.3 is 10.1 Å². The zero-order chi connectivity index (χ0) is 14.4. The minimum Gasteiger partial charge on any atom is -0.480 e. The molecule has 4 nitrogen and oxygen atoms in total. The van der Waals surface area contributed by atoms with Crippen molar-refractivity contribution in [1.82, 2.24) is 5.32 Å². The molecule has 0 aliphatic rings. The molecule has 0 spiro atoms. The SMILES string of the molecule is C#CCNC(=O)C(C)Oc1cc(F)ccc1C(C)=O. The van der Waals surface area contributed by atoms with E-state index < -0.39 is 17.8 Å². The molecular weight excluding hydrogens is 249 g/mol. The lowest BCUT2D eigenvalue weighted by molar-refractivity contribution is -0.127. The van der Waals surface area contributed by atoms with Crippen LogP contribution in [0.5, 0.6) is 5.75 Å². The van der Waals surface area contributed by atoms with E-state index in [1.165, 1.54) is 19.9 Å². The van der Waals surface area contributed by atoms with Gasteiger partial charge in [0.2, 0.25) is 0 Å². The number of carbonyl (C=O) groups is 2. The van der Waals surface area contributed by atoms with Crippen molar-refractivity contribution in [2.45, 2.75) is 20.0 Å². The van der Waals surface area contributed by atoms with Crippen LogP contribution in [-0.4, -0.2) is 24.3 Å². The molecule has 19 heavy (non-hydrogen) atoms. The average molecular weight is 263 g/mol. The van der Waals surface area contributed by atoms with Crippen LogP contribution in [0.4, 0.5) is 4.39 Å². The second-order valence-electron chi connectivity index (χ2n) is 3.88. The van der Waals surface area contributed by atoms with E-state index >= 15 is 0 Å². The molecule has 0 heterocycles. The molecule has 0 aliphatic carbocycles. The van der Waals surface area contributed by atoms with Crippen molar-refractivity contribution in [2.75, 3.05) is 6.54 Å². The van der Waals surface area contributed by atoms with Crippen molar-refractivity contribution in [1.29, 1.82) is 0 Å². The van der Waals surface area contributed by atoms with Gasteiger partial charge in [-0.3, -0.25) is 9.59 Å². The Hall–Kier alpha value is -2.35. The first-order chi connectivity index (χ1) is 8.95. The molecule has 0 bridgehead atoms. The highest BCUT2D eigenvalue weighted by Crippen LogP contribution is 2.21. The average Bonchev–Trinajstić information content (AvgIpc) is 2.35. The summed E-state index contributed by atoms with van der Waals surface area (Å²) in [5.41, 5.74) is 0.220. The summed E-state index contributed by atoms with van der Waals surface area (Å²) in [4.78, 5) is 22.9. The third-order valence-electron chi connectivity index (χ3n) is 2.36. The molecule has 0 aliphatic heterocycles. The summed E-state index contributed by atoms with van der Waals surface area (Å²) < 4.78 is 18.5. The van der Waals surface area contributed by atoms with Crippen molar-refractivity contribution in [3.8, 4) is 18.1 Å². The monoisotopic (exact) mass is 263 g/mol. The number of ketones is 1. The summed E-state index contributed by atoms with van der Waals surface area (Å²) in [5.74, 6) is 1.04. The lowest BCUT2D eigenvalue weighted by atomic mass is 10.1. The Balaban J connectivity index is 2.87. The van der Waals surface area contributed by atoms with Gasteiger partial charge in [0, 0.05) is 6.07 Å². The maximum absolute atomic E-state index is 13.1. The molecule has 1 aromatic rings. The molecule has 0 fully saturated rings. The summed E-state index contributed by atoms with van der Waals surface area (Å²) in [5, 5.41) is 2.44. The molecule has 1 amide bonds. The van der Waals surface area contributed by atoms with Gasteiger partial charge in [0.25, 0.3) is 5.91 Å². The van der Waals surface area contributed by atoms with Crippen molar-refractivity contribution in [3.63, 3.8) is 0 Å². The molecule has 0 aromatic heterocycles. The summed E-state index contributed by atoms with van der Waals surface area (Å²) >= 11 is 0. The van der Waals surface area contributed by atoms with Crippen LogP contribution in [0, 0.1) is 18.2 Å². The van der Waals surface area contributed by atoms with Crippen LogP contribution >= 0.6 is 0 Å². The number of amides is 1. The van der Waals surface area contributed by atoms with Gasteiger partial charge in [0.15, 0.2) is 11.9 Å². The van der Waals surface area contributed by atoms with Gasteiger partial charge >= 0.3 is 0 Å². The van der Waals surface area contributed by atoms with Gasteiger partial charge in [-0.15, -0.1) is 6.42 Å². The highest BCUT2D eigenvalue weighted by Gasteiger charge is 2.17. The number of ether oxygens (including phenoxy) is 1. The molecule has 1 atom stereocenters. The fourth-order valence-electron chi connectivity index (χ4n) is 1.41. The molecule has 1 aromatic carbocycles. The first-order valence-corrected chi connectivity index (χ1v) is 5.64. The lowest BCUT2D eigenvalue weighted by Crippen LogP contribution is -2.36. The van der Waals surface area contributed by atoms with Crippen LogP contribution in [0.2, 0.25) is 0 Å². The minimum absolute atomic E-state index is 0.0378. The van der Waals surface area contributed by atoms with Gasteiger partial charge in [-0.1, -0.05) is 5.92 Å². The normalized spacial score (nSPS) is 11.3. The fourth-order valence-corrected chi connectivity index (χ4v) is 1.41. The minimum atomic E-state index is -0.881. The van der Waals surface area contributed by atoms with E-state index in [2.05, 4.69) is 11.2 Å². The third-order valence-corrected chi connectivity index (χ3v) is 2.36. The van der Waals surface area contributed by atoms with Gasteiger partial charge in [-0.05, 0) is 26.0 Å². The zero-order valence-electron chi connectivity index (χ0n) is 10.7. The van der Waals surface area contributed by atoms with Crippen molar-refractivity contribution in [3.05, 3.63) is 29.6 Å². The molecule has 0 radical (unpaired) electrons. The van der Waals surface area contributed by atoms with E-state index in [9.17, 15) is 14.0 Å². The number of rotatable bonds is 5. The first kappa shape index (κ1) is 14.7. The largest absolute Gasteiger partial charge is 0.480 e. The number of hydrogen-bond acceptors (Lipinski definition) is 3. The van der Waals surface area contributed by atoms with Crippen molar-refractivity contribution < 1.29 is 18.7 Å². The van der Waals surface area contributed by atoms with Gasteiger partial charge in [-0.25, -0.2) is 4.39 Å². The second-order valence-corrected chi connectivity index (χ2v) is 3.88. The number of nitrogens with one attached hydrogen (secondary N) is 1. The summed E-state index contributed by atoms with van der Waals surface area (Å²) in [6.07, 6.45) is 4.13. The Morgan fingerprint density at radius 3 is 2.79 bits per heavy atom. The summed E-state index contributed by atoms with van der Waals surface area (Å²) in [6, 6.07) is 3.55. The van der Waals surface area contributed by atoms with Gasteiger partial charge in [0.05, 0.1) is 12.1 Å². The molecule has 0 saturated carbocycles. The lowest BCUT2D eigenvalue weighted by Gasteiger charge is -2.15. The van der Waals surface area contributed by atoms with Crippen LogP contribution in [0.15, 0.2) is 18.2 Å². The predicted octanol–water partition coefficient (Wildman–Crippen LogP) is 1.54. The van der Waals surface area contributed by atoms with E-state index in [4.69, 9.17) is 11.2 Å². The van der Waals surface area contributed by atoms with Crippen LogP contribution in [-0.2, 0) is 4.79 Å². The van der Waals surface area contributed by atoms with E-state index in [1.807, 2.05) is 0 Å². The number of hydrogen-bond donors (Lipinski definition) is 1. The summed E-state index contributed by atoms with van der Waals surface area (Å²) in [6.45, 7) is 2.90. The smallest absolute Gasteiger partial charge is 0.261 e. The Morgan fingerprint density at radius 2 is 2.21 bits per heavy atom. The molecule has 5 heteroatoms. The second kappa shape index (κ2) is 6.55. The molecule has 100 valence electrons. The fraction of sp³-hybridized carbons (Fsp3) is 0.286. The van der Waals surface area contributed by atoms with Gasteiger partial charge in [0.1, 0.15) is 11.6 Å². The van der Waals surface area contributed by atoms with E-state index in [0.717, 1.165) is 12.1 Å².